The van der Waals surface area contributed by atoms with Crippen LogP contribution in [-0.2, 0) is 4.79 Å². The second-order valence-corrected chi connectivity index (χ2v) is 7.83. The number of allylic oxidation sites excluding steroid dienone is 1. The summed E-state index contributed by atoms with van der Waals surface area (Å²) in [6, 6.07) is 16.6. The van der Waals surface area contributed by atoms with Crippen LogP contribution in [0.4, 0.5) is 0 Å². The van der Waals surface area contributed by atoms with Crippen LogP contribution < -0.4 is 4.74 Å². The Morgan fingerprint density at radius 2 is 2.00 bits per heavy atom. The maximum atomic E-state index is 11.9. The number of hydrogen-bond donors (Lipinski definition) is 0. The zero-order valence-corrected chi connectivity index (χ0v) is 17.2. The van der Waals surface area contributed by atoms with E-state index in [1.807, 2.05) is 22.9 Å². The quantitative estimate of drug-likeness (QED) is 0.159. The molecule has 1 aromatic carbocycles. The van der Waals surface area contributed by atoms with Crippen molar-refractivity contribution in [2.45, 2.75) is 0 Å². The molecule has 146 valence electrons. The number of rotatable bonds is 6. The van der Waals surface area contributed by atoms with Crippen molar-refractivity contribution in [1.29, 1.82) is 5.26 Å². The summed E-state index contributed by atoms with van der Waals surface area (Å²) >= 11 is 3.05. The molecule has 30 heavy (non-hydrogen) atoms. The molecule has 0 aliphatic carbocycles. The summed E-state index contributed by atoms with van der Waals surface area (Å²) in [5.41, 5.74) is 2.16. The van der Waals surface area contributed by atoms with Gasteiger partial charge < -0.3 is 9.15 Å². The number of thiazole rings is 1. The highest BCUT2D eigenvalue weighted by atomic mass is 32.1. The SMILES string of the molecule is N#C/C(=C\c1ccc(OC(=O)/C=C/c2ccco2)cc1)c1nc(-c2cccs2)cs1. The number of aromatic nitrogens is 1. The minimum absolute atomic E-state index is 0.411. The molecule has 3 heterocycles. The fourth-order valence-corrected chi connectivity index (χ4v) is 4.11. The van der Waals surface area contributed by atoms with Gasteiger partial charge in [-0.05, 0) is 53.4 Å². The Labute approximate surface area is 180 Å². The molecule has 0 spiro atoms. The third-order valence-electron chi connectivity index (χ3n) is 3.97. The minimum atomic E-state index is -0.503. The van der Waals surface area contributed by atoms with Crippen molar-refractivity contribution in [3.05, 3.63) is 88.0 Å². The Bertz CT molecular complexity index is 1230. The van der Waals surface area contributed by atoms with E-state index in [9.17, 15) is 10.1 Å². The first-order valence-corrected chi connectivity index (χ1v) is 10.6. The average Bonchev–Trinajstić information content (AvgIpc) is 3.54. The molecule has 0 saturated carbocycles. The summed E-state index contributed by atoms with van der Waals surface area (Å²) in [5, 5.41) is 14.2. The van der Waals surface area contributed by atoms with Crippen LogP contribution in [0, 0.1) is 11.3 Å². The molecule has 3 aromatic heterocycles. The van der Waals surface area contributed by atoms with Crippen LogP contribution in [0.3, 0.4) is 0 Å². The van der Waals surface area contributed by atoms with E-state index < -0.39 is 5.97 Å². The number of thiophene rings is 1. The van der Waals surface area contributed by atoms with Crippen molar-refractivity contribution in [3.8, 4) is 22.4 Å². The van der Waals surface area contributed by atoms with Gasteiger partial charge in [-0.2, -0.15) is 5.26 Å². The van der Waals surface area contributed by atoms with Gasteiger partial charge in [0.25, 0.3) is 0 Å². The lowest BCUT2D eigenvalue weighted by atomic mass is 10.1. The fourth-order valence-electron chi connectivity index (χ4n) is 2.56. The summed E-state index contributed by atoms with van der Waals surface area (Å²) < 4.78 is 10.4. The lowest BCUT2D eigenvalue weighted by molar-refractivity contribution is -0.128. The molecule has 0 saturated heterocycles. The third kappa shape index (κ3) is 4.81. The first kappa shape index (κ1) is 19.6. The normalized spacial score (nSPS) is 11.5. The monoisotopic (exact) mass is 430 g/mol. The Morgan fingerprint density at radius 3 is 2.70 bits per heavy atom. The van der Waals surface area contributed by atoms with Crippen LogP contribution in [0.25, 0.3) is 28.3 Å². The number of nitriles is 1. The smallest absolute Gasteiger partial charge is 0.336 e. The van der Waals surface area contributed by atoms with E-state index in [1.165, 1.54) is 29.8 Å². The number of carbonyl (C=O) groups excluding carboxylic acids is 1. The van der Waals surface area contributed by atoms with Crippen molar-refractivity contribution in [1.82, 2.24) is 4.98 Å². The van der Waals surface area contributed by atoms with Crippen LogP contribution in [0.1, 0.15) is 16.3 Å². The van der Waals surface area contributed by atoms with Crippen molar-refractivity contribution < 1.29 is 13.9 Å². The molecule has 4 rings (SSSR count). The molecular formula is C23H14N2O3S2. The van der Waals surface area contributed by atoms with Gasteiger partial charge in [-0.1, -0.05) is 18.2 Å². The van der Waals surface area contributed by atoms with Crippen LogP contribution in [0.15, 0.2) is 76.0 Å². The van der Waals surface area contributed by atoms with Crippen LogP contribution in [0.2, 0.25) is 0 Å². The van der Waals surface area contributed by atoms with Gasteiger partial charge in [-0.25, -0.2) is 9.78 Å². The van der Waals surface area contributed by atoms with Gasteiger partial charge in [-0.3, -0.25) is 0 Å². The topological polar surface area (TPSA) is 76.1 Å². The van der Waals surface area contributed by atoms with E-state index >= 15 is 0 Å². The van der Waals surface area contributed by atoms with Crippen molar-refractivity contribution in [3.63, 3.8) is 0 Å². The lowest BCUT2D eigenvalue weighted by Crippen LogP contribution is -2.03. The highest BCUT2D eigenvalue weighted by molar-refractivity contribution is 7.14. The van der Waals surface area contributed by atoms with Gasteiger partial charge in [-0.15, -0.1) is 22.7 Å². The van der Waals surface area contributed by atoms with Crippen LogP contribution >= 0.6 is 22.7 Å². The molecule has 0 aliphatic rings. The maximum absolute atomic E-state index is 11.9. The second kappa shape index (κ2) is 9.18. The molecule has 0 atom stereocenters. The molecule has 0 bridgehead atoms. The van der Waals surface area contributed by atoms with Crippen LogP contribution in [0.5, 0.6) is 5.75 Å². The summed E-state index contributed by atoms with van der Waals surface area (Å²) in [7, 11) is 0. The molecule has 0 aliphatic heterocycles. The van der Waals surface area contributed by atoms with Gasteiger partial charge in [0.1, 0.15) is 22.6 Å². The number of hydrogen-bond acceptors (Lipinski definition) is 7. The van der Waals surface area contributed by atoms with Gasteiger partial charge in [0.05, 0.1) is 22.4 Å². The average molecular weight is 431 g/mol. The Kier molecular flexibility index (Phi) is 5.99. The summed E-state index contributed by atoms with van der Waals surface area (Å²) in [6.45, 7) is 0. The summed E-state index contributed by atoms with van der Waals surface area (Å²) in [5.74, 6) is 0.478. The standard InChI is InChI=1S/C23H14N2O3S2/c24-14-17(23-25-20(15-30-23)21-4-2-12-29-21)13-16-5-7-19(8-6-16)28-22(26)10-9-18-3-1-11-27-18/h1-13,15H/b10-9+,17-13+. The molecule has 4 aromatic rings. The van der Waals surface area contributed by atoms with E-state index in [-0.39, 0.29) is 0 Å². The maximum Gasteiger partial charge on any atom is 0.336 e. The Balaban J connectivity index is 1.44. The van der Waals surface area contributed by atoms with Crippen molar-refractivity contribution >= 4 is 46.4 Å². The first-order chi connectivity index (χ1) is 14.7. The molecule has 7 heteroatoms. The van der Waals surface area contributed by atoms with Crippen molar-refractivity contribution in [2.24, 2.45) is 0 Å². The number of ether oxygens (including phenoxy) is 1. The van der Waals surface area contributed by atoms with Crippen LogP contribution in [-0.4, -0.2) is 11.0 Å². The molecule has 0 fully saturated rings. The van der Waals surface area contributed by atoms with Crippen molar-refractivity contribution in [2.75, 3.05) is 0 Å². The molecular weight excluding hydrogens is 416 g/mol. The molecule has 0 unspecified atom stereocenters. The fraction of sp³-hybridized carbons (Fsp3) is 0. The Hall–Kier alpha value is -3.73. The van der Waals surface area contributed by atoms with Gasteiger partial charge in [0.15, 0.2) is 0 Å². The van der Waals surface area contributed by atoms with E-state index in [0.29, 0.717) is 22.1 Å². The van der Waals surface area contributed by atoms with E-state index in [2.05, 4.69) is 11.1 Å². The zero-order valence-electron chi connectivity index (χ0n) is 15.5. The molecule has 0 radical (unpaired) electrons. The first-order valence-electron chi connectivity index (χ1n) is 8.86. The third-order valence-corrected chi connectivity index (χ3v) is 5.73. The molecule has 0 N–H and O–H groups in total. The van der Waals surface area contributed by atoms with E-state index in [0.717, 1.165) is 16.1 Å². The predicted molar refractivity (Wildman–Crippen MR) is 119 cm³/mol. The lowest BCUT2D eigenvalue weighted by Gasteiger charge is -2.02. The number of nitrogens with zero attached hydrogens (tertiary/aromatic N) is 2. The number of furan rings is 1. The van der Waals surface area contributed by atoms with Gasteiger partial charge in [0, 0.05) is 11.5 Å². The molecule has 5 nitrogen and oxygen atoms in total. The summed E-state index contributed by atoms with van der Waals surface area (Å²) in [4.78, 5) is 17.5. The largest absolute Gasteiger partial charge is 0.465 e. The number of esters is 1. The highest BCUT2D eigenvalue weighted by Crippen LogP contribution is 2.29. The Morgan fingerprint density at radius 1 is 1.13 bits per heavy atom. The van der Waals surface area contributed by atoms with Gasteiger partial charge in [0.2, 0.25) is 0 Å². The number of carbonyl (C=O) groups is 1. The van der Waals surface area contributed by atoms with Gasteiger partial charge >= 0.3 is 5.97 Å². The predicted octanol–water partition coefficient (Wildman–Crippen LogP) is 6.15. The van der Waals surface area contributed by atoms with E-state index in [4.69, 9.17) is 9.15 Å². The zero-order chi connectivity index (χ0) is 20.8. The molecule has 0 amide bonds. The minimum Gasteiger partial charge on any atom is -0.465 e. The number of benzene rings is 1. The highest BCUT2D eigenvalue weighted by Gasteiger charge is 2.10. The second-order valence-electron chi connectivity index (χ2n) is 6.02. The summed E-state index contributed by atoms with van der Waals surface area (Å²) in [6.07, 6.45) is 6.13. The van der Waals surface area contributed by atoms with E-state index in [1.54, 1.807) is 53.8 Å².